The maximum Gasteiger partial charge on any atom is 0.229 e. The van der Waals surface area contributed by atoms with Crippen molar-refractivity contribution in [2.24, 2.45) is 11.8 Å². The Labute approximate surface area is 187 Å². The minimum Gasteiger partial charge on any atom is -0.497 e. The zero-order valence-electron chi connectivity index (χ0n) is 18.7. The molecule has 2 aliphatic rings. The molecule has 0 aromatic heterocycles. The summed E-state index contributed by atoms with van der Waals surface area (Å²) < 4.78 is 24.4. The molecule has 2 atom stereocenters. The van der Waals surface area contributed by atoms with Crippen LogP contribution in [0.5, 0.6) is 11.5 Å². The number of likely N-dealkylation sites (tertiary alicyclic amines) is 1. The predicted molar refractivity (Wildman–Crippen MR) is 119 cm³/mol. The van der Waals surface area contributed by atoms with E-state index in [1.165, 1.54) is 13.2 Å². The lowest BCUT2D eigenvalue weighted by molar-refractivity contribution is -0.139. The summed E-state index contributed by atoms with van der Waals surface area (Å²) in [6.07, 6.45) is 3.08. The van der Waals surface area contributed by atoms with Crippen LogP contribution < -0.4 is 14.8 Å². The van der Waals surface area contributed by atoms with Crippen LogP contribution in [0, 0.1) is 24.6 Å². The Morgan fingerprint density at radius 2 is 1.75 bits per heavy atom. The molecule has 32 heavy (non-hydrogen) atoms. The molecule has 1 N–H and O–H groups in total. The van der Waals surface area contributed by atoms with E-state index in [4.69, 9.17) is 9.47 Å². The van der Waals surface area contributed by atoms with Crippen molar-refractivity contribution in [3.05, 3.63) is 53.3 Å². The molecule has 1 aliphatic heterocycles. The summed E-state index contributed by atoms with van der Waals surface area (Å²) in [6, 6.07) is 10.1. The van der Waals surface area contributed by atoms with Gasteiger partial charge in [-0.05, 0) is 61.9 Å². The Morgan fingerprint density at radius 3 is 2.41 bits per heavy atom. The summed E-state index contributed by atoms with van der Waals surface area (Å²) in [5.74, 6) is 0.558. The van der Waals surface area contributed by atoms with Crippen molar-refractivity contribution >= 4 is 17.5 Å². The zero-order valence-corrected chi connectivity index (χ0v) is 18.7. The number of hydrogen-bond acceptors (Lipinski definition) is 4. The first-order chi connectivity index (χ1) is 15.4. The standard InChI is InChI=1S/C25H29FN2O4/c1-15-12-17(6-9-20(15)26)22-11-7-18(14-28(22)25(30)16-4-5-16)24(29)27-21-10-8-19(31-2)13-23(21)32-3/h6,8-10,12-13,16,18,22H,4-5,7,11,14H2,1-3H3,(H,27,29). The monoisotopic (exact) mass is 440 g/mol. The second kappa shape index (κ2) is 9.18. The third-order valence-corrected chi connectivity index (χ3v) is 6.40. The van der Waals surface area contributed by atoms with Crippen molar-refractivity contribution in [1.29, 1.82) is 0 Å². The van der Waals surface area contributed by atoms with Gasteiger partial charge in [0, 0.05) is 18.5 Å². The van der Waals surface area contributed by atoms with E-state index in [1.807, 2.05) is 11.0 Å². The molecule has 0 radical (unpaired) electrons. The lowest BCUT2D eigenvalue weighted by Gasteiger charge is -2.40. The number of carbonyl (C=O) groups is 2. The van der Waals surface area contributed by atoms with E-state index < -0.39 is 0 Å². The van der Waals surface area contributed by atoms with Crippen molar-refractivity contribution in [3.63, 3.8) is 0 Å². The van der Waals surface area contributed by atoms with Crippen LogP contribution in [0.15, 0.2) is 36.4 Å². The number of hydrogen-bond donors (Lipinski definition) is 1. The number of piperidine rings is 1. The highest BCUT2D eigenvalue weighted by molar-refractivity contribution is 5.95. The Balaban J connectivity index is 1.52. The highest BCUT2D eigenvalue weighted by Gasteiger charge is 2.41. The highest BCUT2D eigenvalue weighted by Crippen LogP contribution is 2.40. The molecule has 170 valence electrons. The van der Waals surface area contributed by atoms with Crippen LogP contribution in [0.1, 0.15) is 42.9 Å². The van der Waals surface area contributed by atoms with Crippen LogP contribution in [-0.2, 0) is 9.59 Å². The Hall–Kier alpha value is -3.09. The first kappa shape index (κ1) is 22.1. The number of anilines is 1. The van der Waals surface area contributed by atoms with Crippen molar-refractivity contribution in [3.8, 4) is 11.5 Å². The third kappa shape index (κ3) is 4.56. The first-order valence-corrected chi connectivity index (χ1v) is 11.0. The van der Waals surface area contributed by atoms with Gasteiger partial charge in [-0.15, -0.1) is 0 Å². The molecule has 1 saturated carbocycles. The summed E-state index contributed by atoms with van der Waals surface area (Å²) in [7, 11) is 3.11. The number of amides is 2. The normalized spacial score (nSPS) is 20.6. The van der Waals surface area contributed by atoms with E-state index in [0.29, 0.717) is 42.1 Å². The molecule has 2 aromatic rings. The number of nitrogens with zero attached hydrogens (tertiary/aromatic N) is 1. The molecule has 4 rings (SSSR count). The van der Waals surface area contributed by atoms with Gasteiger partial charge in [0.1, 0.15) is 17.3 Å². The minimum atomic E-state index is -0.331. The fourth-order valence-electron chi connectivity index (χ4n) is 4.35. The molecule has 2 fully saturated rings. The molecule has 0 bridgehead atoms. The summed E-state index contributed by atoms with van der Waals surface area (Å²) in [5, 5.41) is 2.95. The van der Waals surface area contributed by atoms with Gasteiger partial charge in [-0.1, -0.05) is 12.1 Å². The Bertz CT molecular complexity index is 1020. The average molecular weight is 441 g/mol. The van der Waals surface area contributed by atoms with Gasteiger partial charge in [0.2, 0.25) is 11.8 Å². The SMILES string of the molecule is COc1ccc(NC(=O)C2CCC(c3ccc(F)c(C)c3)N(C(=O)C3CC3)C2)c(OC)c1. The highest BCUT2D eigenvalue weighted by atomic mass is 19.1. The number of benzene rings is 2. The Kier molecular flexibility index (Phi) is 6.35. The maximum atomic E-state index is 13.8. The van der Waals surface area contributed by atoms with Gasteiger partial charge < -0.3 is 19.7 Å². The van der Waals surface area contributed by atoms with Crippen molar-refractivity contribution in [2.45, 2.75) is 38.6 Å². The van der Waals surface area contributed by atoms with E-state index in [-0.39, 0.29) is 35.5 Å². The largest absolute Gasteiger partial charge is 0.497 e. The van der Waals surface area contributed by atoms with E-state index in [9.17, 15) is 14.0 Å². The van der Waals surface area contributed by atoms with E-state index >= 15 is 0 Å². The quantitative estimate of drug-likeness (QED) is 0.719. The average Bonchev–Trinajstić information content (AvgIpc) is 3.66. The number of aryl methyl sites for hydroxylation is 1. The Morgan fingerprint density at radius 1 is 1.00 bits per heavy atom. The van der Waals surface area contributed by atoms with Gasteiger partial charge >= 0.3 is 0 Å². The number of rotatable bonds is 6. The van der Waals surface area contributed by atoms with Gasteiger partial charge in [-0.2, -0.15) is 0 Å². The van der Waals surface area contributed by atoms with Crippen molar-refractivity contribution < 1.29 is 23.5 Å². The predicted octanol–water partition coefficient (Wildman–Crippen LogP) is 4.48. The molecule has 1 aliphatic carbocycles. The molecular weight excluding hydrogens is 411 g/mol. The lowest BCUT2D eigenvalue weighted by Crippen LogP contribution is -2.46. The maximum absolute atomic E-state index is 13.8. The molecule has 1 heterocycles. The topological polar surface area (TPSA) is 67.9 Å². The van der Waals surface area contributed by atoms with E-state index in [1.54, 1.807) is 38.3 Å². The van der Waals surface area contributed by atoms with Crippen LogP contribution >= 0.6 is 0 Å². The molecule has 7 heteroatoms. The minimum absolute atomic E-state index is 0.0440. The fourth-order valence-corrected chi connectivity index (χ4v) is 4.35. The summed E-state index contributed by atoms with van der Waals surface area (Å²) >= 11 is 0. The lowest BCUT2D eigenvalue weighted by atomic mass is 9.87. The van der Waals surface area contributed by atoms with Gasteiger partial charge in [-0.25, -0.2) is 4.39 Å². The van der Waals surface area contributed by atoms with Gasteiger partial charge in [0.15, 0.2) is 0 Å². The molecule has 2 unspecified atom stereocenters. The number of carbonyl (C=O) groups excluding carboxylic acids is 2. The zero-order chi connectivity index (χ0) is 22.8. The van der Waals surface area contributed by atoms with Crippen molar-refractivity contribution in [1.82, 2.24) is 4.90 Å². The molecule has 1 saturated heterocycles. The van der Waals surface area contributed by atoms with Crippen molar-refractivity contribution in [2.75, 3.05) is 26.1 Å². The third-order valence-electron chi connectivity index (χ3n) is 6.40. The number of halogens is 1. The van der Waals surface area contributed by atoms with Crippen LogP contribution in [-0.4, -0.2) is 37.5 Å². The molecule has 2 amide bonds. The second-order valence-electron chi connectivity index (χ2n) is 8.62. The number of methoxy groups -OCH3 is 2. The van der Waals surface area contributed by atoms with Crippen LogP contribution in [0.3, 0.4) is 0 Å². The number of nitrogens with one attached hydrogen (secondary N) is 1. The van der Waals surface area contributed by atoms with Gasteiger partial charge in [-0.3, -0.25) is 9.59 Å². The second-order valence-corrected chi connectivity index (χ2v) is 8.62. The van der Waals surface area contributed by atoms with Crippen LogP contribution in [0.25, 0.3) is 0 Å². The molecule has 2 aromatic carbocycles. The summed E-state index contributed by atoms with van der Waals surface area (Å²) in [5.41, 5.74) is 2.05. The van der Waals surface area contributed by atoms with Gasteiger partial charge in [0.25, 0.3) is 0 Å². The first-order valence-electron chi connectivity index (χ1n) is 11.0. The molecular formula is C25H29FN2O4. The van der Waals surface area contributed by atoms with Crippen LogP contribution in [0.2, 0.25) is 0 Å². The fraction of sp³-hybridized carbons (Fsp3) is 0.440. The molecule has 0 spiro atoms. The summed E-state index contributed by atoms with van der Waals surface area (Å²) in [4.78, 5) is 28.0. The number of ether oxygens (including phenoxy) is 2. The molecule has 6 nitrogen and oxygen atoms in total. The van der Waals surface area contributed by atoms with E-state index in [0.717, 1.165) is 18.4 Å². The van der Waals surface area contributed by atoms with Crippen LogP contribution in [0.4, 0.5) is 10.1 Å². The smallest absolute Gasteiger partial charge is 0.229 e. The summed E-state index contributed by atoms with van der Waals surface area (Å²) in [6.45, 7) is 2.08. The van der Waals surface area contributed by atoms with Gasteiger partial charge in [0.05, 0.1) is 31.9 Å². The van der Waals surface area contributed by atoms with E-state index in [2.05, 4.69) is 5.32 Å².